The SMILES string of the molecule is Cc1ccccc1CSc1cc(Cl)ccc1C(N)=NO. The Kier molecular flexibility index (Phi) is 4.93. The van der Waals surface area contributed by atoms with Crippen molar-refractivity contribution in [3.05, 3.63) is 64.2 Å². The van der Waals surface area contributed by atoms with Crippen LogP contribution in [-0.2, 0) is 5.75 Å². The first-order chi connectivity index (χ1) is 9.61. The molecule has 0 fully saturated rings. The Morgan fingerprint density at radius 3 is 2.75 bits per heavy atom. The normalized spacial score (nSPS) is 11.6. The summed E-state index contributed by atoms with van der Waals surface area (Å²) in [5.74, 6) is 0.896. The lowest BCUT2D eigenvalue weighted by atomic mass is 10.1. The zero-order valence-corrected chi connectivity index (χ0v) is 12.6. The summed E-state index contributed by atoms with van der Waals surface area (Å²) < 4.78 is 0. The molecule has 5 heteroatoms. The van der Waals surface area contributed by atoms with Gasteiger partial charge in [-0.3, -0.25) is 0 Å². The van der Waals surface area contributed by atoms with Gasteiger partial charge in [-0.15, -0.1) is 11.8 Å². The number of thioether (sulfide) groups is 1. The molecule has 104 valence electrons. The van der Waals surface area contributed by atoms with Crippen LogP contribution in [0.4, 0.5) is 0 Å². The first kappa shape index (κ1) is 14.8. The summed E-state index contributed by atoms with van der Waals surface area (Å²) in [5.41, 5.74) is 8.87. The third-order valence-corrected chi connectivity index (χ3v) is 4.31. The van der Waals surface area contributed by atoms with Gasteiger partial charge in [0.1, 0.15) is 0 Å². The number of hydrogen-bond acceptors (Lipinski definition) is 3. The number of nitrogens with two attached hydrogens (primary N) is 1. The van der Waals surface area contributed by atoms with Crippen LogP contribution in [0.3, 0.4) is 0 Å². The summed E-state index contributed by atoms with van der Waals surface area (Å²) in [6.45, 7) is 2.08. The van der Waals surface area contributed by atoms with Crippen LogP contribution in [0.1, 0.15) is 16.7 Å². The van der Waals surface area contributed by atoms with Crippen LogP contribution in [0, 0.1) is 6.92 Å². The summed E-state index contributed by atoms with van der Waals surface area (Å²) in [6, 6.07) is 13.5. The molecule has 0 aliphatic heterocycles. The van der Waals surface area contributed by atoms with Crippen LogP contribution >= 0.6 is 23.4 Å². The van der Waals surface area contributed by atoms with Crippen LogP contribution in [0.5, 0.6) is 0 Å². The van der Waals surface area contributed by atoms with Gasteiger partial charge in [-0.25, -0.2) is 0 Å². The summed E-state index contributed by atoms with van der Waals surface area (Å²) in [5, 5.41) is 12.5. The highest BCUT2D eigenvalue weighted by Crippen LogP contribution is 2.29. The molecule has 2 aromatic carbocycles. The average molecular weight is 307 g/mol. The molecule has 0 spiro atoms. The number of hydrogen-bond donors (Lipinski definition) is 2. The van der Waals surface area contributed by atoms with E-state index in [4.69, 9.17) is 22.5 Å². The van der Waals surface area contributed by atoms with Crippen molar-refractivity contribution in [2.24, 2.45) is 10.9 Å². The van der Waals surface area contributed by atoms with Crippen LogP contribution < -0.4 is 5.73 Å². The Morgan fingerprint density at radius 1 is 1.30 bits per heavy atom. The zero-order valence-electron chi connectivity index (χ0n) is 11.0. The minimum atomic E-state index is 0.0916. The molecule has 0 bridgehead atoms. The van der Waals surface area contributed by atoms with Gasteiger partial charge in [0.05, 0.1) is 0 Å². The van der Waals surface area contributed by atoms with E-state index in [-0.39, 0.29) is 5.84 Å². The van der Waals surface area contributed by atoms with Crippen molar-refractivity contribution in [2.45, 2.75) is 17.6 Å². The first-order valence-corrected chi connectivity index (χ1v) is 7.43. The van der Waals surface area contributed by atoms with Crippen molar-refractivity contribution in [3.8, 4) is 0 Å². The van der Waals surface area contributed by atoms with Crippen LogP contribution in [0.25, 0.3) is 0 Å². The van der Waals surface area contributed by atoms with Crippen LogP contribution in [-0.4, -0.2) is 11.0 Å². The van der Waals surface area contributed by atoms with Gasteiger partial charge >= 0.3 is 0 Å². The van der Waals surface area contributed by atoms with Crippen molar-refractivity contribution in [1.29, 1.82) is 0 Å². The number of rotatable bonds is 4. The minimum Gasteiger partial charge on any atom is -0.409 e. The monoisotopic (exact) mass is 306 g/mol. The maximum Gasteiger partial charge on any atom is 0.171 e. The van der Waals surface area contributed by atoms with Crippen molar-refractivity contribution in [2.75, 3.05) is 0 Å². The van der Waals surface area contributed by atoms with E-state index in [1.807, 2.05) is 18.2 Å². The largest absolute Gasteiger partial charge is 0.409 e. The molecule has 0 heterocycles. The average Bonchev–Trinajstić information content (AvgIpc) is 2.46. The van der Waals surface area contributed by atoms with Gasteiger partial charge in [0.15, 0.2) is 5.84 Å². The van der Waals surface area contributed by atoms with Crippen LogP contribution in [0.15, 0.2) is 52.5 Å². The zero-order chi connectivity index (χ0) is 14.5. The molecule has 0 unspecified atom stereocenters. The third kappa shape index (κ3) is 3.46. The molecule has 20 heavy (non-hydrogen) atoms. The quantitative estimate of drug-likeness (QED) is 0.295. The molecule has 2 aromatic rings. The molecule has 0 amide bonds. The Balaban J connectivity index is 2.25. The van der Waals surface area contributed by atoms with E-state index in [0.717, 1.165) is 10.6 Å². The first-order valence-electron chi connectivity index (χ1n) is 6.06. The Labute approximate surface area is 127 Å². The molecular formula is C15H15ClN2OS. The number of oxime groups is 1. The van der Waals surface area contributed by atoms with Crippen molar-refractivity contribution >= 4 is 29.2 Å². The number of amidine groups is 1. The molecule has 0 radical (unpaired) electrons. The minimum absolute atomic E-state index is 0.0916. The summed E-state index contributed by atoms with van der Waals surface area (Å²) >= 11 is 7.64. The Hall–Kier alpha value is -1.65. The lowest BCUT2D eigenvalue weighted by Gasteiger charge is -2.10. The van der Waals surface area contributed by atoms with Gasteiger partial charge < -0.3 is 10.9 Å². The number of halogens is 1. The standard InChI is InChI=1S/C15H15ClN2OS/c1-10-4-2-3-5-11(10)9-20-14-8-12(16)6-7-13(14)15(17)18-19/h2-8,19H,9H2,1H3,(H2,17,18). The molecular weight excluding hydrogens is 292 g/mol. The van der Waals surface area contributed by atoms with Gasteiger partial charge in [0.25, 0.3) is 0 Å². The highest BCUT2D eigenvalue weighted by molar-refractivity contribution is 7.98. The smallest absolute Gasteiger partial charge is 0.171 e. The van der Waals surface area contributed by atoms with E-state index in [1.165, 1.54) is 11.1 Å². The fourth-order valence-corrected chi connectivity index (χ4v) is 3.22. The Bertz CT molecular complexity index is 644. The molecule has 0 atom stereocenters. The van der Waals surface area contributed by atoms with E-state index in [2.05, 4.69) is 24.2 Å². The predicted octanol–water partition coefficient (Wildman–Crippen LogP) is 4.04. The van der Waals surface area contributed by atoms with E-state index >= 15 is 0 Å². The number of nitrogens with zero attached hydrogens (tertiary/aromatic N) is 1. The van der Waals surface area contributed by atoms with Gasteiger partial charge in [-0.2, -0.15) is 0 Å². The summed E-state index contributed by atoms with van der Waals surface area (Å²) in [7, 11) is 0. The third-order valence-electron chi connectivity index (χ3n) is 2.97. The molecule has 0 aromatic heterocycles. The highest BCUT2D eigenvalue weighted by atomic mass is 35.5. The predicted molar refractivity (Wildman–Crippen MR) is 84.7 cm³/mol. The van der Waals surface area contributed by atoms with E-state index < -0.39 is 0 Å². The summed E-state index contributed by atoms with van der Waals surface area (Å²) in [6.07, 6.45) is 0. The topological polar surface area (TPSA) is 58.6 Å². The molecule has 2 rings (SSSR count). The highest BCUT2D eigenvalue weighted by Gasteiger charge is 2.09. The van der Waals surface area contributed by atoms with Gasteiger partial charge in [-0.1, -0.05) is 41.0 Å². The van der Waals surface area contributed by atoms with Gasteiger partial charge in [-0.05, 0) is 36.2 Å². The number of aryl methyl sites for hydroxylation is 1. The second-order valence-electron chi connectivity index (χ2n) is 4.34. The lowest BCUT2D eigenvalue weighted by molar-refractivity contribution is 0.318. The van der Waals surface area contributed by atoms with Crippen molar-refractivity contribution < 1.29 is 5.21 Å². The van der Waals surface area contributed by atoms with Gasteiger partial charge in [0, 0.05) is 21.2 Å². The fraction of sp³-hybridized carbons (Fsp3) is 0.133. The van der Waals surface area contributed by atoms with E-state index in [9.17, 15) is 0 Å². The second kappa shape index (κ2) is 6.68. The molecule has 0 aliphatic rings. The Morgan fingerprint density at radius 2 is 2.05 bits per heavy atom. The lowest BCUT2D eigenvalue weighted by Crippen LogP contribution is -2.14. The molecule has 3 N–H and O–H groups in total. The van der Waals surface area contributed by atoms with E-state index in [1.54, 1.807) is 23.9 Å². The fourth-order valence-electron chi connectivity index (χ4n) is 1.81. The van der Waals surface area contributed by atoms with Crippen LogP contribution in [0.2, 0.25) is 5.02 Å². The van der Waals surface area contributed by atoms with Gasteiger partial charge in [0.2, 0.25) is 0 Å². The second-order valence-corrected chi connectivity index (χ2v) is 5.79. The maximum absolute atomic E-state index is 8.83. The molecule has 0 aliphatic carbocycles. The summed E-state index contributed by atoms with van der Waals surface area (Å²) in [4.78, 5) is 0.899. The molecule has 3 nitrogen and oxygen atoms in total. The molecule has 0 saturated carbocycles. The van der Waals surface area contributed by atoms with Crippen molar-refractivity contribution in [1.82, 2.24) is 0 Å². The molecule has 0 saturated heterocycles. The maximum atomic E-state index is 8.83. The number of benzene rings is 2. The van der Waals surface area contributed by atoms with E-state index in [0.29, 0.717) is 10.6 Å². The van der Waals surface area contributed by atoms with Crippen molar-refractivity contribution in [3.63, 3.8) is 0 Å².